The van der Waals surface area contributed by atoms with E-state index in [1.165, 1.54) is 24.9 Å². The molecule has 1 aliphatic heterocycles. The van der Waals surface area contributed by atoms with Crippen LogP contribution in [0.15, 0.2) is 30.3 Å². The van der Waals surface area contributed by atoms with Crippen LogP contribution in [-0.4, -0.2) is 30.6 Å². The van der Waals surface area contributed by atoms with Crippen LogP contribution in [0.2, 0.25) is 0 Å². The summed E-state index contributed by atoms with van der Waals surface area (Å²) in [5, 5.41) is 0. The molecular weight excluding hydrogens is 196 g/mol. The van der Waals surface area contributed by atoms with Gasteiger partial charge in [-0.05, 0) is 30.9 Å². The highest BCUT2D eigenvalue weighted by Gasteiger charge is 2.18. The number of piperidine rings is 1. The van der Waals surface area contributed by atoms with Gasteiger partial charge < -0.3 is 10.6 Å². The van der Waals surface area contributed by atoms with Crippen LogP contribution in [0.1, 0.15) is 31.2 Å². The molecule has 2 heteroatoms. The number of rotatable bonds is 3. The minimum Gasteiger partial charge on any atom is -0.327 e. The van der Waals surface area contributed by atoms with Crippen molar-refractivity contribution < 1.29 is 0 Å². The molecule has 0 aromatic heterocycles. The van der Waals surface area contributed by atoms with Crippen LogP contribution < -0.4 is 5.73 Å². The standard InChI is InChI=1S/C14H22N2/c1-12(13-6-3-2-4-7-13)10-16-9-5-8-14(15)11-16/h2-4,6-7,12,14H,5,8-11,15H2,1H3/t12-,14+/m0/s1. The van der Waals surface area contributed by atoms with Gasteiger partial charge in [0.2, 0.25) is 0 Å². The molecular formula is C14H22N2. The lowest BCUT2D eigenvalue weighted by molar-refractivity contribution is 0.200. The molecule has 0 spiro atoms. The summed E-state index contributed by atoms with van der Waals surface area (Å²) in [6.07, 6.45) is 2.44. The zero-order valence-electron chi connectivity index (χ0n) is 10.1. The predicted octanol–water partition coefficient (Wildman–Crippen LogP) is 2.21. The third-order valence-corrected chi connectivity index (χ3v) is 3.44. The highest BCUT2D eigenvalue weighted by atomic mass is 15.1. The summed E-state index contributed by atoms with van der Waals surface area (Å²) in [7, 11) is 0. The quantitative estimate of drug-likeness (QED) is 0.843. The third-order valence-electron chi connectivity index (χ3n) is 3.44. The Kier molecular flexibility index (Phi) is 3.97. The molecule has 1 heterocycles. The van der Waals surface area contributed by atoms with E-state index >= 15 is 0 Å². The summed E-state index contributed by atoms with van der Waals surface area (Å²) in [6.45, 7) is 5.72. The van der Waals surface area contributed by atoms with Gasteiger partial charge in [0, 0.05) is 19.1 Å². The van der Waals surface area contributed by atoms with Crippen molar-refractivity contribution in [3.8, 4) is 0 Å². The highest BCUT2D eigenvalue weighted by molar-refractivity contribution is 5.19. The summed E-state index contributed by atoms with van der Waals surface area (Å²) in [4.78, 5) is 2.51. The Balaban J connectivity index is 1.89. The van der Waals surface area contributed by atoms with E-state index in [1.54, 1.807) is 0 Å². The molecule has 2 nitrogen and oxygen atoms in total. The Bertz CT molecular complexity index is 310. The van der Waals surface area contributed by atoms with Gasteiger partial charge in [-0.1, -0.05) is 37.3 Å². The van der Waals surface area contributed by atoms with E-state index in [-0.39, 0.29) is 0 Å². The van der Waals surface area contributed by atoms with E-state index in [0.29, 0.717) is 12.0 Å². The maximum absolute atomic E-state index is 6.00. The van der Waals surface area contributed by atoms with Crippen molar-refractivity contribution in [2.45, 2.75) is 31.7 Å². The average molecular weight is 218 g/mol. The van der Waals surface area contributed by atoms with Crippen LogP contribution in [0.4, 0.5) is 0 Å². The fraction of sp³-hybridized carbons (Fsp3) is 0.571. The molecule has 2 rings (SSSR count). The van der Waals surface area contributed by atoms with Crippen LogP contribution >= 0.6 is 0 Å². The number of hydrogen-bond acceptors (Lipinski definition) is 2. The van der Waals surface area contributed by atoms with Crippen molar-refractivity contribution >= 4 is 0 Å². The summed E-state index contributed by atoms with van der Waals surface area (Å²) < 4.78 is 0. The summed E-state index contributed by atoms with van der Waals surface area (Å²) in [5.41, 5.74) is 7.43. The first-order valence-electron chi connectivity index (χ1n) is 6.28. The molecule has 1 fully saturated rings. The first-order valence-corrected chi connectivity index (χ1v) is 6.28. The normalized spacial score (nSPS) is 24.2. The summed E-state index contributed by atoms with van der Waals surface area (Å²) in [5.74, 6) is 0.603. The summed E-state index contributed by atoms with van der Waals surface area (Å²) >= 11 is 0. The second-order valence-electron chi connectivity index (χ2n) is 4.97. The van der Waals surface area contributed by atoms with Crippen LogP contribution in [0.5, 0.6) is 0 Å². The van der Waals surface area contributed by atoms with Gasteiger partial charge in [-0.25, -0.2) is 0 Å². The second-order valence-corrected chi connectivity index (χ2v) is 4.97. The second kappa shape index (κ2) is 5.46. The zero-order chi connectivity index (χ0) is 11.4. The maximum Gasteiger partial charge on any atom is 0.0168 e. The maximum atomic E-state index is 6.00. The molecule has 0 unspecified atom stereocenters. The largest absolute Gasteiger partial charge is 0.327 e. The van der Waals surface area contributed by atoms with E-state index in [2.05, 4.69) is 42.2 Å². The fourth-order valence-electron chi connectivity index (χ4n) is 2.53. The first-order chi connectivity index (χ1) is 7.75. The molecule has 0 radical (unpaired) electrons. The molecule has 0 amide bonds. The molecule has 1 aromatic rings. The lowest BCUT2D eigenvalue weighted by Crippen LogP contribution is -2.44. The lowest BCUT2D eigenvalue weighted by atomic mass is 9.99. The minimum absolute atomic E-state index is 0.386. The Labute approximate surface area is 98.4 Å². The van der Waals surface area contributed by atoms with Gasteiger partial charge >= 0.3 is 0 Å². The van der Waals surface area contributed by atoms with E-state index in [0.717, 1.165) is 13.1 Å². The number of nitrogens with two attached hydrogens (primary N) is 1. The Morgan fingerprint density at radius 2 is 2.12 bits per heavy atom. The molecule has 0 saturated carbocycles. The van der Waals surface area contributed by atoms with Crippen LogP contribution in [0.25, 0.3) is 0 Å². The van der Waals surface area contributed by atoms with Gasteiger partial charge in [-0.3, -0.25) is 0 Å². The smallest absolute Gasteiger partial charge is 0.0168 e. The van der Waals surface area contributed by atoms with Crippen molar-refractivity contribution in [2.75, 3.05) is 19.6 Å². The third kappa shape index (κ3) is 3.06. The molecule has 1 aliphatic rings. The van der Waals surface area contributed by atoms with Crippen molar-refractivity contribution in [3.05, 3.63) is 35.9 Å². The van der Waals surface area contributed by atoms with Gasteiger partial charge in [0.25, 0.3) is 0 Å². The van der Waals surface area contributed by atoms with E-state index in [9.17, 15) is 0 Å². The van der Waals surface area contributed by atoms with Gasteiger partial charge in [-0.2, -0.15) is 0 Å². The molecule has 88 valence electrons. The van der Waals surface area contributed by atoms with Crippen LogP contribution in [0, 0.1) is 0 Å². The molecule has 1 saturated heterocycles. The Hall–Kier alpha value is -0.860. The van der Waals surface area contributed by atoms with Gasteiger partial charge in [0.15, 0.2) is 0 Å². The van der Waals surface area contributed by atoms with Crippen LogP contribution in [0.3, 0.4) is 0 Å². The SMILES string of the molecule is C[C@@H](CN1CCC[C@@H](N)C1)c1ccccc1. The Morgan fingerprint density at radius 1 is 1.38 bits per heavy atom. The lowest BCUT2D eigenvalue weighted by Gasteiger charge is -2.32. The van der Waals surface area contributed by atoms with Gasteiger partial charge in [-0.15, -0.1) is 0 Å². The predicted molar refractivity (Wildman–Crippen MR) is 68.5 cm³/mol. The molecule has 2 atom stereocenters. The van der Waals surface area contributed by atoms with E-state index in [4.69, 9.17) is 5.73 Å². The van der Waals surface area contributed by atoms with Crippen molar-refractivity contribution in [1.82, 2.24) is 4.90 Å². The molecule has 16 heavy (non-hydrogen) atoms. The molecule has 0 bridgehead atoms. The van der Waals surface area contributed by atoms with Crippen molar-refractivity contribution in [2.24, 2.45) is 5.73 Å². The summed E-state index contributed by atoms with van der Waals surface area (Å²) in [6, 6.07) is 11.1. The molecule has 0 aliphatic carbocycles. The number of benzene rings is 1. The average Bonchev–Trinajstić information content (AvgIpc) is 2.30. The van der Waals surface area contributed by atoms with Gasteiger partial charge in [0.1, 0.15) is 0 Å². The van der Waals surface area contributed by atoms with Crippen LogP contribution in [-0.2, 0) is 0 Å². The highest BCUT2D eigenvalue weighted by Crippen LogP contribution is 2.18. The molecule has 1 aromatic carbocycles. The minimum atomic E-state index is 0.386. The monoisotopic (exact) mass is 218 g/mol. The number of hydrogen-bond donors (Lipinski definition) is 1. The van der Waals surface area contributed by atoms with E-state index in [1.807, 2.05) is 0 Å². The Morgan fingerprint density at radius 3 is 2.81 bits per heavy atom. The van der Waals surface area contributed by atoms with Gasteiger partial charge in [0.05, 0.1) is 0 Å². The van der Waals surface area contributed by atoms with E-state index < -0.39 is 0 Å². The number of likely N-dealkylation sites (tertiary alicyclic amines) is 1. The van der Waals surface area contributed by atoms with Crippen molar-refractivity contribution in [1.29, 1.82) is 0 Å². The molecule has 2 N–H and O–H groups in total. The topological polar surface area (TPSA) is 29.3 Å². The fourth-order valence-corrected chi connectivity index (χ4v) is 2.53. The van der Waals surface area contributed by atoms with Crippen molar-refractivity contribution in [3.63, 3.8) is 0 Å². The zero-order valence-corrected chi connectivity index (χ0v) is 10.1. The first kappa shape index (κ1) is 11.6. The number of nitrogens with zero attached hydrogens (tertiary/aromatic N) is 1.